The van der Waals surface area contributed by atoms with E-state index in [-0.39, 0.29) is 5.56 Å². The monoisotopic (exact) mass is 348 g/mol. The van der Waals surface area contributed by atoms with E-state index in [1.165, 1.54) is 34.4 Å². The second-order valence-corrected chi connectivity index (χ2v) is 7.23. The van der Waals surface area contributed by atoms with Gasteiger partial charge in [0.1, 0.15) is 21.9 Å². The number of H-pyrrole nitrogens is 1. The molecule has 1 N–H and O–H groups in total. The Morgan fingerprint density at radius 3 is 3.09 bits per heavy atom. The number of rotatable bonds is 4. The van der Waals surface area contributed by atoms with Crippen LogP contribution in [0.3, 0.4) is 0 Å². The summed E-state index contributed by atoms with van der Waals surface area (Å²) in [6.45, 7) is 0. The summed E-state index contributed by atoms with van der Waals surface area (Å²) in [7, 11) is 0. The summed E-state index contributed by atoms with van der Waals surface area (Å²) in [5.74, 6) is 1.86. The minimum Gasteiger partial charge on any atom is -0.464 e. The number of thiophene rings is 1. The summed E-state index contributed by atoms with van der Waals surface area (Å²) < 4.78 is 6.23. The topological polar surface area (TPSA) is 84.7 Å². The molecule has 4 heterocycles. The van der Waals surface area contributed by atoms with Gasteiger partial charge in [0.25, 0.3) is 5.56 Å². The molecule has 9 heteroatoms. The SMILES string of the molecule is O=c1[nH]c(CSc2nncs2)nc2scc(-c3ccco3)c12. The first-order valence-electron chi connectivity index (χ1n) is 6.24. The Hall–Kier alpha value is -1.97. The fourth-order valence-corrected chi connectivity index (χ4v) is 4.34. The minimum absolute atomic E-state index is 0.148. The summed E-state index contributed by atoms with van der Waals surface area (Å²) in [4.78, 5) is 20.4. The molecule has 0 saturated heterocycles. The van der Waals surface area contributed by atoms with E-state index in [4.69, 9.17) is 4.42 Å². The van der Waals surface area contributed by atoms with Gasteiger partial charge >= 0.3 is 0 Å². The molecule has 6 nitrogen and oxygen atoms in total. The summed E-state index contributed by atoms with van der Waals surface area (Å²) in [5, 5.41) is 10.2. The first-order valence-corrected chi connectivity index (χ1v) is 8.99. The van der Waals surface area contributed by atoms with Gasteiger partial charge in [-0.05, 0) is 12.1 Å². The molecular weight excluding hydrogens is 340 g/mol. The van der Waals surface area contributed by atoms with Crippen LogP contribution in [0.2, 0.25) is 0 Å². The highest BCUT2D eigenvalue weighted by Crippen LogP contribution is 2.31. The molecule has 0 aliphatic carbocycles. The van der Waals surface area contributed by atoms with Crippen molar-refractivity contribution < 1.29 is 4.42 Å². The highest BCUT2D eigenvalue weighted by molar-refractivity contribution is 8.00. The van der Waals surface area contributed by atoms with Crippen molar-refractivity contribution in [3.05, 3.63) is 45.5 Å². The first-order chi connectivity index (χ1) is 10.8. The summed E-state index contributed by atoms with van der Waals surface area (Å²) >= 11 is 4.40. The molecule has 0 atom stereocenters. The highest BCUT2D eigenvalue weighted by atomic mass is 32.2. The molecule has 0 fully saturated rings. The molecule has 110 valence electrons. The molecule has 0 radical (unpaired) electrons. The molecule has 4 aromatic heterocycles. The van der Waals surface area contributed by atoms with E-state index in [1.54, 1.807) is 17.8 Å². The molecule has 0 spiro atoms. The van der Waals surface area contributed by atoms with Gasteiger partial charge in [0.05, 0.1) is 17.4 Å². The van der Waals surface area contributed by atoms with Crippen LogP contribution in [0, 0.1) is 0 Å². The van der Waals surface area contributed by atoms with Crippen LogP contribution in [0.15, 0.2) is 42.8 Å². The van der Waals surface area contributed by atoms with Gasteiger partial charge in [-0.15, -0.1) is 21.5 Å². The molecule has 0 saturated carbocycles. The van der Waals surface area contributed by atoms with Crippen molar-refractivity contribution in [2.45, 2.75) is 10.1 Å². The summed E-state index contributed by atoms with van der Waals surface area (Å²) in [6, 6.07) is 3.63. The van der Waals surface area contributed by atoms with Crippen molar-refractivity contribution >= 4 is 44.7 Å². The first kappa shape index (κ1) is 13.7. The van der Waals surface area contributed by atoms with Crippen molar-refractivity contribution in [2.75, 3.05) is 0 Å². The van der Waals surface area contributed by atoms with Crippen LogP contribution in [0.1, 0.15) is 5.82 Å². The van der Waals surface area contributed by atoms with Crippen LogP contribution in [-0.4, -0.2) is 20.2 Å². The number of thioether (sulfide) groups is 1. The lowest BCUT2D eigenvalue weighted by molar-refractivity contribution is 0.583. The van der Waals surface area contributed by atoms with Crippen molar-refractivity contribution in [1.29, 1.82) is 0 Å². The predicted molar refractivity (Wildman–Crippen MR) is 87.4 cm³/mol. The number of aromatic amines is 1. The molecule has 0 bridgehead atoms. The zero-order valence-corrected chi connectivity index (χ0v) is 13.4. The van der Waals surface area contributed by atoms with Crippen LogP contribution < -0.4 is 5.56 Å². The lowest BCUT2D eigenvalue weighted by atomic mass is 10.2. The quantitative estimate of drug-likeness (QED) is 0.569. The van der Waals surface area contributed by atoms with Crippen LogP contribution in [0.4, 0.5) is 0 Å². The molecule has 0 aliphatic rings. The van der Waals surface area contributed by atoms with Crippen LogP contribution in [0.25, 0.3) is 21.5 Å². The summed E-state index contributed by atoms with van der Waals surface area (Å²) in [6.07, 6.45) is 1.59. The van der Waals surface area contributed by atoms with Gasteiger partial charge < -0.3 is 9.40 Å². The standard InChI is InChI=1S/C13H8N4O2S3/c18-11-10-7(8-2-1-3-19-8)4-20-12(10)16-9(15-11)5-21-13-17-14-6-22-13/h1-4,6H,5H2,(H,15,16,18). The number of hydrogen-bond acceptors (Lipinski definition) is 8. The average Bonchev–Trinajstić information content (AvgIpc) is 3.25. The molecule has 22 heavy (non-hydrogen) atoms. The number of aromatic nitrogens is 4. The van der Waals surface area contributed by atoms with E-state index in [2.05, 4.69) is 20.2 Å². The van der Waals surface area contributed by atoms with Crippen molar-refractivity contribution in [3.8, 4) is 11.3 Å². The molecule has 4 rings (SSSR count). The van der Waals surface area contributed by atoms with Crippen molar-refractivity contribution in [1.82, 2.24) is 20.2 Å². The Kier molecular flexibility index (Phi) is 3.53. The lowest BCUT2D eigenvalue weighted by Gasteiger charge is -1.99. The maximum Gasteiger partial charge on any atom is 0.260 e. The van der Waals surface area contributed by atoms with Crippen LogP contribution >= 0.6 is 34.4 Å². The normalized spacial score (nSPS) is 11.3. The van der Waals surface area contributed by atoms with Crippen LogP contribution in [0.5, 0.6) is 0 Å². The third-order valence-corrected chi connectivity index (χ3v) is 5.70. The van der Waals surface area contributed by atoms with Crippen molar-refractivity contribution in [3.63, 3.8) is 0 Å². The molecule has 0 amide bonds. The molecule has 0 aromatic carbocycles. The zero-order chi connectivity index (χ0) is 14.9. The van der Waals surface area contributed by atoms with Crippen molar-refractivity contribution in [2.24, 2.45) is 0 Å². The minimum atomic E-state index is -0.148. The van der Waals surface area contributed by atoms with Gasteiger partial charge in [-0.1, -0.05) is 23.1 Å². The maximum atomic E-state index is 12.4. The van der Waals surface area contributed by atoms with E-state index >= 15 is 0 Å². The second kappa shape index (κ2) is 5.67. The number of fused-ring (bicyclic) bond motifs is 1. The van der Waals surface area contributed by atoms with Gasteiger partial charge in [-0.2, -0.15) is 0 Å². The molecule has 0 unspecified atom stereocenters. The van der Waals surface area contributed by atoms with E-state index in [0.29, 0.717) is 27.6 Å². The number of furan rings is 1. The van der Waals surface area contributed by atoms with Gasteiger partial charge in [0, 0.05) is 10.9 Å². The Bertz CT molecular complexity index is 957. The smallest absolute Gasteiger partial charge is 0.260 e. The Balaban J connectivity index is 1.70. The number of nitrogens with zero attached hydrogens (tertiary/aromatic N) is 3. The predicted octanol–water partition coefficient (Wildman–Crippen LogP) is 3.39. The maximum absolute atomic E-state index is 12.4. The van der Waals surface area contributed by atoms with Crippen LogP contribution in [-0.2, 0) is 5.75 Å². The molecule has 4 aromatic rings. The van der Waals surface area contributed by atoms with Gasteiger partial charge in [0.15, 0.2) is 4.34 Å². The zero-order valence-electron chi connectivity index (χ0n) is 11.0. The van der Waals surface area contributed by atoms with Gasteiger partial charge in [0.2, 0.25) is 0 Å². The van der Waals surface area contributed by atoms with Gasteiger partial charge in [-0.3, -0.25) is 4.79 Å². The Morgan fingerprint density at radius 1 is 1.36 bits per heavy atom. The summed E-state index contributed by atoms with van der Waals surface area (Å²) in [5.41, 5.74) is 2.31. The Labute approximate surface area is 136 Å². The molecule has 0 aliphatic heterocycles. The third kappa shape index (κ3) is 2.47. The fraction of sp³-hybridized carbons (Fsp3) is 0.0769. The Morgan fingerprint density at radius 2 is 2.32 bits per heavy atom. The van der Waals surface area contributed by atoms with Gasteiger partial charge in [-0.25, -0.2) is 4.98 Å². The van der Waals surface area contributed by atoms with E-state index in [0.717, 1.165) is 9.90 Å². The highest BCUT2D eigenvalue weighted by Gasteiger charge is 2.14. The molecular formula is C13H8N4O2S3. The second-order valence-electron chi connectivity index (χ2n) is 4.31. The van der Waals surface area contributed by atoms with E-state index < -0.39 is 0 Å². The number of nitrogens with one attached hydrogen (secondary N) is 1. The fourth-order valence-electron chi connectivity index (χ4n) is 2.03. The average molecular weight is 348 g/mol. The lowest BCUT2D eigenvalue weighted by Crippen LogP contribution is -2.10. The third-order valence-electron chi connectivity index (χ3n) is 2.95. The van der Waals surface area contributed by atoms with E-state index in [1.807, 2.05) is 11.4 Å². The van der Waals surface area contributed by atoms with E-state index in [9.17, 15) is 4.79 Å². The largest absolute Gasteiger partial charge is 0.464 e. The number of hydrogen-bond donors (Lipinski definition) is 1.